The summed E-state index contributed by atoms with van der Waals surface area (Å²) in [5.74, 6) is 5.13. The van der Waals surface area contributed by atoms with E-state index >= 15 is 0 Å². The molecule has 0 aliphatic carbocycles. The average Bonchev–Trinajstić information content (AvgIpc) is 3.26. The molecule has 2 aliphatic rings. The lowest BCUT2D eigenvalue weighted by Crippen LogP contribution is -2.65. The summed E-state index contributed by atoms with van der Waals surface area (Å²) in [6.45, 7) is 2.52. The Morgan fingerprint density at radius 1 is 0.474 bits per heavy atom. The molecule has 0 saturated carbocycles. The van der Waals surface area contributed by atoms with Crippen LogP contribution in [0, 0.1) is 24.7 Å². The molecule has 0 bridgehead atoms. The van der Waals surface area contributed by atoms with Crippen molar-refractivity contribution in [2.75, 3.05) is 19.8 Å². The van der Waals surface area contributed by atoms with E-state index in [1.165, 1.54) is 0 Å². The molecule has 57 heavy (non-hydrogen) atoms. The summed E-state index contributed by atoms with van der Waals surface area (Å²) in [5, 5.41) is 10.7. The van der Waals surface area contributed by atoms with Gasteiger partial charge in [0.25, 0.3) is 0 Å². The Kier molecular flexibility index (Phi) is 16.7. The Morgan fingerprint density at radius 3 is 1.14 bits per heavy atom. The highest BCUT2D eigenvalue weighted by molar-refractivity contribution is 5.16. The molecular formula is C47H52O10. The molecule has 0 radical (unpaired) electrons. The van der Waals surface area contributed by atoms with Gasteiger partial charge in [0.1, 0.15) is 55.9 Å². The summed E-state index contributed by atoms with van der Waals surface area (Å²) in [5.41, 5.74) is 3.78. The van der Waals surface area contributed by atoms with Gasteiger partial charge in [0, 0.05) is 0 Å². The largest absolute Gasteiger partial charge is 0.394 e. The van der Waals surface area contributed by atoms with Crippen LogP contribution in [0.1, 0.15) is 35.6 Å². The monoisotopic (exact) mass is 776 g/mol. The van der Waals surface area contributed by atoms with Gasteiger partial charge in [-0.2, -0.15) is 0 Å². The Morgan fingerprint density at radius 2 is 0.807 bits per heavy atom. The van der Waals surface area contributed by atoms with Crippen molar-refractivity contribution in [1.29, 1.82) is 0 Å². The van der Waals surface area contributed by atoms with Crippen LogP contribution in [0.25, 0.3) is 0 Å². The highest BCUT2D eigenvalue weighted by atomic mass is 16.8. The molecule has 0 spiro atoms. The van der Waals surface area contributed by atoms with Crippen molar-refractivity contribution in [2.45, 2.75) is 101 Å². The number of rotatable bonds is 20. The van der Waals surface area contributed by atoms with Crippen molar-refractivity contribution in [1.82, 2.24) is 0 Å². The second-order valence-electron chi connectivity index (χ2n) is 13.8. The second kappa shape index (κ2) is 22.5. The Hall–Kier alpha value is -4.40. The third-order valence-corrected chi connectivity index (χ3v) is 9.89. The zero-order valence-electron chi connectivity index (χ0n) is 32.3. The van der Waals surface area contributed by atoms with Crippen LogP contribution in [0.4, 0.5) is 0 Å². The van der Waals surface area contributed by atoms with E-state index < -0.39 is 68.0 Å². The summed E-state index contributed by atoms with van der Waals surface area (Å²) in [4.78, 5) is 0. The fraction of sp³-hybridized carbons (Fsp3) is 0.404. The molecule has 4 aromatic rings. The normalized spacial score (nSPS) is 27.3. The fourth-order valence-electron chi connectivity index (χ4n) is 7.07. The standard InChI is InChI=1S/C47H52O10/c1-4-27-49-40-38(6-3)55-46(44(53-32-36-23-15-9-16-24-36)42(40)51-30-34-19-11-7-12-20-34)57-47-45(54-33-37-25-17-10-18-26-37)43(52-31-35-21-13-8-14-22-35)41(50-28-5-2)39(29-48)56-47/h1-2,7-26,38-48H,6,27-33H2,3H3/t38?,39?,40-,41-,42?,43?,44-,45?,46-,47-/m1/s1. The molecule has 2 fully saturated rings. The van der Waals surface area contributed by atoms with Crippen LogP contribution < -0.4 is 0 Å². The molecule has 0 aromatic heterocycles. The SMILES string of the molecule is C#CCO[C@@H]1C(CO)O[C@H](O[C@H]2OC(CC)[C@@H](OCC#C)C(OCc3ccccc3)[C@H]2OCc2ccccc2)C(OCc2ccccc2)C1OCc1ccccc1. The van der Waals surface area contributed by atoms with Crippen LogP contribution in [0.2, 0.25) is 0 Å². The van der Waals surface area contributed by atoms with Gasteiger partial charge < -0.3 is 47.7 Å². The van der Waals surface area contributed by atoms with Gasteiger partial charge in [0.2, 0.25) is 0 Å². The van der Waals surface area contributed by atoms with E-state index in [2.05, 4.69) is 11.8 Å². The van der Waals surface area contributed by atoms with E-state index in [4.69, 9.17) is 55.5 Å². The Labute approximate surface area is 336 Å². The van der Waals surface area contributed by atoms with Crippen molar-refractivity contribution in [3.05, 3.63) is 144 Å². The van der Waals surface area contributed by atoms with Gasteiger partial charge in [0.15, 0.2) is 12.6 Å². The fourth-order valence-corrected chi connectivity index (χ4v) is 7.07. The number of aliphatic hydroxyl groups is 1. The molecule has 6 rings (SSSR count). The molecule has 10 nitrogen and oxygen atoms in total. The van der Waals surface area contributed by atoms with Crippen molar-refractivity contribution in [2.24, 2.45) is 0 Å². The predicted octanol–water partition coefficient (Wildman–Crippen LogP) is 6.23. The van der Waals surface area contributed by atoms with Crippen molar-refractivity contribution in [3.8, 4) is 24.7 Å². The lowest BCUT2D eigenvalue weighted by Gasteiger charge is -2.49. The van der Waals surface area contributed by atoms with Gasteiger partial charge in [-0.05, 0) is 28.7 Å². The van der Waals surface area contributed by atoms with Crippen LogP contribution in [0.3, 0.4) is 0 Å². The maximum Gasteiger partial charge on any atom is 0.190 e. The molecule has 10 heteroatoms. The molecular weight excluding hydrogens is 725 g/mol. The smallest absolute Gasteiger partial charge is 0.190 e. The van der Waals surface area contributed by atoms with E-state index in [0.717, 1.165) is 22.3 Å². The molecule has 1 N–H and O–H groups in total. The van der Waals surface area contributed by atoms with Crippen molar-refractivity contribution >= 4 is 0 Å². The molecule has 300 valence electrons. The minimum atomic E-state index is -1.14. The quantitative estimate of drug-likeness (QED) is 0.104. The third kappa shape index (κ3) is 11.8. The van der Waals surface area contributed by atoms with E-state index in [0.29, 0.717) is 6.42 Å². The number of terminal acetylenes is 2. The van der Waals surface area contributed by atoms with Gasteiger partial charge in [-0.1, -0.05) is 140 Å². The van der Waals surface area contributed by atoms with Gasteiger partial charge in [-0.3, -0.25) is 0 Å². The summed E-state index contributed by atoms with van der Waals surface area (Å²) < 4.78 is 59.4. The topological polar surface area (TPSA) is 103 Å². The van der Waals surface area contributed by atoms with Gasteiger partial charge in [-0.15, -0.1) is 12.8 Å². The van der Waals surface area contributed by atoms with Crippen LogP contribution in [-0.4, -0.2) is 86.3 Å². The average molecular weight is 777 g/mol. The summed E-state index contributed by atoms with van der Waals surface area (Å²) in [6, 6.07) is 39.2. The van der Waals surface area contributed by atoms with Gasteiger partial charge in [-0.25, -0.2) is 0 Å². The first-order chi connectivity index (χ1) is 28.1. The molecule has 2 aliphatic heterocycles. The van der Waals surface area contributed by atoms with Crippen LogP contribution >= 0.6 is 0 Å². The highest BCUT2D eigenvalue weighted by Crippen LogP contribution is 2.36. The molecule has 4 aromatic carbocycles. The molecule has 0 amide bonds. The van der Waals surface area contributed by atoms with E-state index in [-0.39, 0.29) is 39.6 Å². The van der Waals surface area contributed by atoms with E-state index in [1.807, 2.05) is 128 Å². The molecule has 5 unspecified atom stereocenters. The number of hydrogen-bond acceptors (Lipinski definition) is 10. The minimum absolute atomic E-state index is 0.0363. The van der Waals surface area contributed by atoms with Crippen LogP contribution in [0.5, 0.6) is 0 Å². The summed E-state index contributed by atoms with van der Waals surface area (Å²) in [6.07, 6.45) is 3.67. The zero-order chi connectivity index (χ0) is 39.7. The number of ether oxygens (including phenoxy) is 9. The van der Waals surface area contributed by atoms with Crippen LogP contribution in [0.15, 0.2) is 121 Å². The van der Waals surface area contributed by atoms with Crippen LogP contribution in [-0.2, 0) is 69.1 Å². The van der Waals surface area contributed by atoms with Crippen molar-refractivity contribution in [3.63, 3.8) is 0 Å². The van der Waals surface area contributed by atoms with Crippen molar-refractivity contribution < 1.29 is 47.7 Å². The first kappa shape index (κ1) is 42.2. The minimum Gasteiger partial charge on any atom is -0.394 e. The van der Waals surface area contributed by atoms with E-state index in [1.54, 1.807) is 0 Å². The van der Waals surface area contributed by atoms with Gasteiger partial charge in [0.05, 0.1) is 39.1 Å². The van der Waals surface area contributed by atoms with Gasteiger partial charge >= 0.3 is 0 Å². The number of benzene rings is 4. The lowest BCUT2D eigenvalue weighted by atomic mass is 9.95. The Bertz CT molecular complexity index is 1670. The predicted molar refractivity (Wildman–Crippen MR) is 213 cm³/mol. The number of aliphatic hydroxyl groups excluding tert-OH is 1. The maximum absolute atomic E-state index is 10.7. The maximum atomic E-state index is 10.7. The summed E-state index contributed by atoms with van der Waals surface area (Å²) >= 11 is 0. The summed E-state index contributed by atoms with van der Waals surface area (Å²) in [7, 11) is 0. The lowest BCUT2D eigenvalue weighted by molar-refractivity contribution is -0.391. The number of hydrogen-bond donors (Lipinski definition) is 1. The molecule has 10 atom stereocenters. The third-order valence-electron chi connectivity index (χ3n) is 9.89. The highest BCUT2D eigenvalue weighted by Gasteiger charge is 2.53. The molecule has 2 heterocycles. The van der Waals surface area contributed by atoms with E-state index in [9.17, 15) is 5.11 Å². The first-order valence-corrected chi connectivity index (χ1v) is 19.4. The Balaban J connectivity index is 1.36. The zero-order valence-corrected chi connectivity index (χ0v) is 32.3. The molecule has 2 saturated heterocycles. The second-order valence-corrected chi connectivity index (χ2v) is 13.8. The first-order valence-electron chi connectivity index (χ1n) is 19.4.